The molecule has 2 atom stereocenters. The van der Waals surface area contributed by atoms with Crippen LogP contribution in [0.4, 0.5) is 0 Å². The Labute approximate surface area is 462 Å². The van der Waals surface area contributed by atoms with Gasteiger partial charge in [0, 0.05) is 19.4 Å². The van der Waals surface area contributed by atoms with Gasteiger partial charge in [0.2, 0.25) is 0 Å². The molecule has 0 heterocycles. The maximum Gasteiger partial charge on any atom is 0.472 e. The monoisotopic (exact) mass is 1070 g/mol. The summed E-state index contributed by atoms with van der Waals surface area (Å²) in [6.45, 7) is 3.62. The first kappa shape index (κ1) is 72.2. The lowest BCUT2D eigenvalue weighted by molar-refractivity contribution is -0.161. The Morgan fingerprint density at radius 3 is 1.09 bits per heavy atom. The number of phosphoric ester groups is 1. The van der Waals surface area contributed by atoms with E-state index >= 15 is 0 Å². The van der Waals surface area contributed by atoms with Crippen molar-refractivity contribution in [3.63, 3.8) is 0 Å². The van der Waals surface area contributed by atoms with Crippen LogP contribution in [0.3, 0.4) is 0 Å². The molecule has 0 aromatic heterocycles. The minimum absolute atomic E-state index is 0.0471. The lowest BCUT2D eigenvalue weighted by Crippen LogP contribution is -2.29. The highest BCUT2D eigenvalue weighted by molar-refractivity contribution is 7.47. The van der Waals surface area contributed by atoms with Crippen LogP contribution in [0, 0.1) is 0 Å². The Morgan fingerprint density at radius 2 is 0.733 bits per heavy atom. The molecule has 0 spiro atoms. The summed E-state index contributed by atoms with van der Waals surface area (Å²) in [5, 5.41) is 0. The highest BCUT2D eigenvalue weighted by Crippen LogP contribution is 2.43. The van der Waals surface area contributed by atoms with E-state index < -0.39 is 26.5 Å². The molecule has 0 aromatic carbocycles. The van der Waals surface area contributed by atoms with Crippen molar-refractivity contribution in [3.05, 3.63) is 85.1 Å². The van der Waals surface area contributed by atoms with Crippen LogP contribution < -0.4 is 5.73 Å². The third-order valence-electron chi connectivity index (χ3n) is 13.3. The fourth-order valence-electron chi connectivity index (χ4n) is 8.69. The molecule has 0 aromatic rings. The molecular weight excluding hydrogens is 954 g/mol. The number of esters is 2. The zero-order valence-corrected chi connectivity index (χ0v) is 49.4. The van der Waals surface area contributed by atoms with Gasteiger partial charge in [-0.25, -0.2) is 4.57 Å². The first-order valence-corrected chi connectivity index (χ1v) is 32.6. The third-order valence-corrected chi connectivity index (χ3v) is 14.2. The Hall–Kier alpha value is -2.81. The van der Waals surface area contributed by atoms with Crippen molar-refractivity contribution in [2.75, 3.05) is 26.4 Å². The number of carbonyl (C=O) groups is 2. The van der Waals surface area contributed by atoms with E-state index in [-0.39, 0.29) is 38.6 Å². The quantitative estimate of drug-likeness (QED) is 0.0264. The SMILES string of the molecule is CC/C=C\C/C=C\C/C=C\C/C=C\C/C=C\CCCCCCCC(=O)OC(COC(=O)CCCCCCCCCCCCCCCCCCCCCCC/C=C\C/C=C\CCCCCCC)COP(=O)(O)OCCN. The first-order valence-electron chi connectivity index (χ1n) is 31.1. The summed E-state index contributed by atoms with van der Waals surface area (Å²) in [7, 11) is -4.40. The van der Waals surface area contributed by atoms with Gasteiger partial charge in [-0.3, -0.25) is 18.6 Å². The molecular formula is C65H116NO8P. The van der Waals surface area contributed by atoms with Gasteiger partial charge in [0.25, 0.3) is 0 Å². The van der Waals surface area contributed by atoms with Crippen LogP contribution in [0.25, 0.3) is 0 Å². The van der Waals surface area contributed by atoms with E-state index in [1.54, 1.807) is 0 Å². The normalized spacial score (nSPS) is 13.6. The van der Waals surface area contributed by atoms with Crippen LogP contribution in [0.2, 0.25) is 0 Å². The summed E-state index contributed by atoms with van der Waals surface area (Å²) in [5.74, 6) is -0.844. The zero-order valence-electron chi connectivity index (χ0n) is 48.5. The molecule has 0 radical (unpaired) electrons. The average molecular weight is 1070 g/mol. The Balaban J connectivity index is 3.90. The van der Waals surface area contributed by atoms with E-state index in [9.17, 15) is 19.0 Å². The van der Waals surface area contributed by atoms with Gasteiger partial charge in [0.05, 0.1) is 13.2 Å². The first-order chi connectivity index (χ1) is 36.8. The number of phosphoric acid groups is 1. The third kappa shape index (κ3) is 60.3. The van der Waals surface area contributed by atoms with Crippen LogP contribution in [0.1, 0.15) is 284 Å². The number of nitrogens with two attached hydrogens (primary N) is 1. The molecule has 0 fully saturated rings. The molecule has 0 aliphatic carbocycles. The standard InChI is InChI=1S/C65H116NO8P/c1-3-5-7-9-11-13-15-17-19-21-23-25-26-27-28-29-30-31-32-33-34-35-36-38-39-41-43-45-47-49-51-53-55-57-64(67)71-61-63(62-73-75(69,70)72-60-59-66)74-65(68)58-56-54-52-50-48-46-44-42-40-37-24-22-20-18-16-14-12-10-8-6-4-2/h6,8,12,14-15,17-18,20-21,23-24,37,42,44,63H,3-5,7,9-11,13,16,19,22,25-36,38-41,43,45-62,66H2,1-2H3,(H,69,70)/b8-6-,14-12-,17-15-,20-18-,23-21-,37-24-,44-42-. The second-order valence-corrected chi connectivity index (χ2v) is 22.0. The van der Waals surface area contributed by atoms with Gasteiger partial charge in [-0.2, -0.15) is 0 Å². The Kier molecular flexibility index (Phi) is 58.2. The number of ether oxygens (including phenoxy) is 2. The van der Waals surface area contributed by atoms with Crippen LogP contribution in [-0.2, 0) is 32.7 Å². The van der Waals surface area contributed by atoms with E-state index in [0.29, 0.717) is 6.42 Å². The highest BCUT2D eigenvalue weighted by Gasteiger charge is 2.26. The number of rotatable bonds is 58. The van der Waals surface area contributed by atoms with Crippen molar-refractivity contribution >= 4 is 19.8 Å². The molecule has 0 bridgehead atoms. The molecule has 0 saturated heterocycles. The minimum atomic E-state index is -4.40. The zero-order chi connectivity index (χ0) is 54.5. The smallest absolute Gasteiger partial charge is 0.462 e. The maximum atomic E-state index is 12.7. The summed E-state index contributed by atoms with van der Waals surface area (Å²) in [6.07, 6.45) is 79.4. The van der Waals surface area contributed by atoms with Gasteiger partial charge in [0.15, 0.2) is 6.10 Å². The second-order valence-electron chi connectivity index (χ2n) is 20.5. The van der Waals surface area contributed by atoms with Crippen molar-refractivity contribution in [3.8, 4) is 0 Å². The summed E-state index contributed by atoms with van der Waals surface area (Å²) in [6, 6.07) is 0. The molecule has 0 saturated carbocycles. The van der Waals surface area contributed by atoms with Gasteiger partial charge < -0.3 is 20.1 Å². The average Bonchev–Trinajstić information content (AvgIpc) is 3.40. The van der Waals surface area contributed by atoms with Crippen LogP contribution in [0.5, 0.6) is 0 Å². The summed E-state index contributed by atoms with van der Waals surface area (Å²) < 4.78 is 33.0. The molecule has 75 heavy (non-hydrogen) atoms. The van der Waals surface area contributed by atoms with Crippen LogP contribution in [-0.4, -0.2) is 49.3 Å². The van der Waals surface area contributed by atoms with Gasteiger partial charge in [-0.15, -0.1) is 0 Å². The van der Waals surface area contributed by atoms with Crippen molar-refractivity contribution in [2.24, 2.45) is 5.73 Å². The van der Waals surface area contributed by atoms with Gasteiger partial charge >= 0.3 is 19.8 Å². The predicted octanol–water partition coefficient (Wildman–Crippen LogP) is 19.9. The van der Waals surface area contributed by atoms with Crippen molar-refractivity contribution in [1.82, 2.24) is 0 Å². The molecule has 434 valence electrons. The molecule has 0 aliphatic heterocycles. The van der Waals surface area contributed by atoms with E-state index in [1.165, 1.54) is 161 Å². The molecule has 0 rings (SSSR count). The summed E-state index contributed by atoms with van der Waals surface area (Å²) in [4.78, 5) is 35.2. The molecule has 0 amide bonds. The van der Waals surface area contributed by atoms with Crippen molar-refractivity contribution in [1.29, 1.82) is 0 Å². The number of carbonyl (C=O) groups excluding carboxylic acids is 2. The van der Waals surface area contributed by atoms with Crippen molar-refractivity contribution in [2.45, 2.75) is 290 Å². The summed E-state index contributed by atoms with van der Waals surface area (Å²) in [5.41, 5.74) is 5.38. The lowest BCUT2D eigenvalue weighted by Gasteiger charge is -2.19. The predicted molar refractivity (Wildman–Crippen MR) is 321 cm³/mol. The van der Waals surface area contributed by atoms with E-state index in [0.717, 1.165) is 89.9 Å². The van der Waals surface area contributed by atoms with E-state index in [4.69, 9.17) is 24.3 Å². The fourth-order valence-corrected chi connectivity index (χ4v) is 9.46. The molecule has 9 nitrogen and oxygen atoms in total. The number of unbranched alkanes of at least 4 members (excludes halogenated alkanes) is 31. The highest BCUT2D eigenvalue weighted by atomic mass is 31.2. The molecule has 2 unspecified atom stereocenters. The lowest BCUT2D eigenvalue weighted by atomic mass is 10.0. The van der Waals surface area contributed by atoms with E-state index in [2.05, 4.69) is 98.9 Å². The van der Waals surface area contributed by atoms with Gasteiger partial charge in [0.1, 0.15) is 6.61 Å². The van der Waals surface area contributed by atoms with Crippen LogP contribution in [0.15, 0.2) is 85.1 Å². The molecule has 0 aliphatic rings. The molecule has 10 heteroatoms. The maximum absolute atomic E-state index is 12.7. The fraction of sp³-hybridized carbons (Fsp3) is 0.754. The summed E-state index contributed by atoms with van der Waals surface area (Å²) >= 11 is 0. The number of hydrogen-bond acceptors (Lipinski definition) is 8. The van der Waals surface area contributed by atoms with Crippen molar-refractivity contribution < 1.29 is 37.6 Å². The van der Waals surface area contributed by atoms with Gasteiger partial charge in [-0.05, 0) is 89.9 Å². The Morgan fingerprint density at radius 1 is 0.413 bits per heavy atom. The second kappa shape index (κ2) is 60.4. The molecule has 3 N–H and O–H groups in total. The number of hydrogen-bond donors (Lipinski definition) is 2. The topological polar surface area (TPSA) is 134 Å². The van der Waals surface area contributed by atoms with Crippen LogP contribution >= 0.6 is 7.82 Å². The van der Waals surface area contributed by atoms with E-state index in [1.807, 2.05) is 0 Å². The minimum Gasteiger partial charge on any atom is -0.462 e. The Bertz CT molecular complexity index is 1500. The van der Waals surface area contributed by atoms with Gasteiger partial charge in [-0.1, -0.05) is 266 Å². The number of allylic oxidation sites excluding steroid dienone is 14. The largest absolute Gasteiger partial charge is 0.472 e.